The lowest BCUT2D eigenvalue weighted by Crippen LogP contribution is -2.46. The Morgan fingerprint density at radius 3 is 2.53 bits per heavy atom. The summed E-state index contributed by atoms with van der Waals surface area (Å²) < 4.78 is 0. The molecule has 0 aliphatic carbocycles. The number of hydrogen-bond acceptors (Lipinski definition) is 5. The average Bonchev–Trinajstić information content (AvgIpc) is 2.38. The number of piperazine rings is 1. The van der Waals surface area contributed by atoms with E-state index in [4.69, 9.17) is 0 Å². The number of aromatic nitrogens is 2. The SMILES string of the molecule is CCN1CCN(c2cc(NC)nc(C)n2)CC1. The van der Waals surface area contributed by atoms with Gasteiger partial charge in [-0.2, -0.15) is 0 Å². The van der Waals surface area contributed by atoms with Crippen LogP contribution in [0.1, 0.15) is 12.7 Å². The Hall–Kier alpha value is -1.36. The van der Waals surface area contributed by atoms with Crippen LogP contribution in [0.5, 0.6) is 0 Å². The molecule has 0 bridgehead atoms. The second-order valence-electron chi connectivity index (χ2n) is 4.33. The minimum absolute atomic E-state index is 0.824. The lowest BCUT2D eigenvalue weighted by Gasteiger charge is -2.34. The predicted molar refractivity (Wildman–Crippen MR) is 70.6 cm³/mol. The fourth-order valence-corrected chi connectivity index (χ4v) is 2.14. The van der Waals surface area contributed by atoms with E-state index in [-0.39, 0.29) is 0 Å². The normalized spacial score (nSPS) is 17.2. The highest BCUT2D eigenvalue weighted by atomic mass is 15.3. The Balaban J connectivity index is 2.10. The van der Waals surface area contributed by atoms with Crippen LogP contribution in [0.25, 0.3) is 0 Å². The summed E-state index contributed by atoms with van der Waals surface area (Å²) in [5.74, 6) is 2.76. The van der Waals surface area contributed by atoms with E-state index in [0.29, 0.717) is 0 Å². The Labute approximate surface area is 103 Å². The van der Waals surface area contributed by atoms with Crippen LogP contribution in [-0.2, 0) is 0 Å². The van der Waals surface area contributed by atoms with Gasteiger partial charge in [0.05, 0.1) is 0 Å². The Bertz CT molecular complexity index is 371. The van der Waals surface area contributed by atoms with Crippen LogP contribution in [0.4, 0.5) is 11.6 Å². The molecule has 17 heavy (non-hydrogen) atoms. The maximum absolute atomic E-state index is 4.51. The van der Waals surface area contributed by atoms with Crippen molar-refractivity contribution in [1.82, 2.24) is 14.9 Å². The minimum atomic E-state index is 0.824. The van der Waals surface area contributed by atoms with E-state index in [1.54, 1.807) is 0 Å². The molecule has 1 aromatic rings. The first-order chi connectivity index (χ1) is 8.22. The summed E-state index contributed by atoms with van der Waals surface area (Å²) in [4.78, 5) is 13.6. The van der Waals surface area contributed by atoms with Gasteiger partial charge in [0.2, 0.25) is 0 Å². The standard InChI is InChI=1S/C12H21N5/c1-4-16-5-7-17(8-6-16)12-9-11(13-3)14-10(2)15-12/h9H,4-8H2,1-3H3,(H,13,14,15). The van der Waals surface area contributed by atoms with Crippen LogP contribution < -0.4 is 10.2 Å². The number of anilines is 2. The first kappa shape index (κ1) is 12.1. The molecule has 0 radical (unpaired) electrons. The van der Waals surface area contributed by atoms with E-state index >= 15 is 0 Å². The van der Waals surface area contributed by atoms with Gasteiger partial charge >= 0.3 is 0 Å². The van der Waals surface area contributed by atoms with E-state index in [1.165, 1.54) is 0 Å². The zero-order chi connectivity index (χ0) is 12.3. The molecule has 0 spiro atoms. The molecule has 5 heteroatoms. The molecule has 94 valence electrons. The van der Waals surface area contributed by atoms with Crippen molar-refractivity contribution in [2.24, 2.45) is 0 Å². The van der Waals surface area contributed by atoms with Crippen molar-refractivity contribution in [3.05, 3.63) is 11.9 Å². The average molecular weight is 235 g/mol. The monoisotopic (exact) mass is 235 g/mol. The second kappa shape index (κ2) is 5.31. The third-order valence-electron chi connectivity index (χ3n) is 3.22. The van der Waals surface area contributed by atoms with Crippen LogP contribution in [0.3, 0.4) is 0 Å². The van der Waals surface area contributed by atoms with Crippen LogP contribution in [0.15, 0.2) is 6.07 Å². The Kier molecular flexibility index (Phi) is 3.78. The molecule has 0 amide bonds. The fraction of sp³-hybridized carbons (Fsp3) is 0.667. The topological polar surface area (TPSA) is 44.3 Å². The van der Waals surface area contributed by atoms with Gasteiger partial charge in [0, 0.05) is 39.3 Å². The van der Waals surface area contributed by atoms with Gasteiger partial charge in [0.25, 0.3) is 0 Å². The molecular formula is C12H21N5. The summed E-state index contributed by atoms with van der Waals surface area (Å²) >= 11 is 0. The molecule has 1 fully saturated rings. The number of hydrogen-bond donors (Lipinski definition) is 1. The van der Waals surface area contributed by atoms with Gasteiger partial charge in [0.1, 0.15) is 17.5 Å². The molecular weight excluding hydrogens is 214 g/mol. The van der Waals surface area contributed by atoms with Crippen molar-refractivity contribution < 1.29 is 0 Å². The molecule has 0 atom stereocenters. The number of rotatable bonds is 3. The Morgan fingerprint density at radius 1 is 1.24 bits per heavy atom. The lowest BCUT2D eigenvalue weighted by molar-refractivity contribution is 0.270. The molecule has 5 nitrogen and oxygen atoms in total. The van der Waals surface area contributed by atoms with Crippen molar-refractivity contribution in [2.75, 3.05) is 50.0 Å². The van der Waals surface area contributed by atoms with E-state index in [9.17, 15) is 0 Å². The molecule has 2 heterocycles. The number of nitrogens with zero attached hydrogens (tertiary/aromatic N) is 4. The van der Waals surface area contributed by atoms with Gasteiger partial charge < -0.3 is 15.1 Å². The predicted octanol–water partition coefficient (Wildman–Crippen LogP) is 0.969. The highest BCUT2D eigenvalue weighted by Crippen LogP contribution is 2.17. The van der Waals surface area contributed by atoms with Gasteiger partial charge in [-0.15, -0.1) is 0 Å². The zero-order valence-electron chi connectivity index (χ0n) is 10.9. The Morgan fingerprint density at radius 2 is 1.94 bits per heavy atom. The second-order valence-corrected chi connectivity index (χ2v) is 4.33. The maximum atomic E-state index is 4.51. The van der Waals surface area contributed by atoms with E-state index in [0.717, 1.165) is 50.2 Å². The summed E-state index contributed by atoms with van der Waals surface area (Å²) in [5, 5.41) is 3.08. The summed E-state index contributed by atoms with van der Waals surface area (Å²) in [6, 6.07) is 2.02. The van der Waals surface area contributed by atoms with Crippen molar-refractivity contribution >= 4 is 11.6 Å². The lowest BCUT2D eigenvalue weighted by atomic mass is 10.3. The molecule has 0 unspecified atom stereocenters. The number of aryl methyl sites for hydroxylation is 1. The minimum Gasteiger partial charge on any atom is -0.373 e. The van der Waals surface area contributed by atoms with Gasteiger partial charge in [0.15, 0.2) is 0 Å². The summed E-state index contributed by atoms with van der Waals surface area (Å²) in [5.41, 5.74) is 0. The van der Waals surface area contributed by atoms with Gasteiger partial charge in [-0.25, -0.2) is 9.97 Å². The quantitative estimate of drug-likeness (QED) is 0.845. The smallest absolute Gasteiger partial charge is 0.134 e. The zero-order valence-corrected chi connectivity index (χ0v) is 10.9. The van der Waals surface area contributed by atoms with Crippen LogP contribution in [0, 0.1) is 6.92 Å². The van der Waals surface area contributed by atoms with Crippen molar-refractivity contribution in [3.8, 4) is 0 Å². The number of nitrogens with one attached hydrogen (secondary N) is 1. The first-order valence-corrected chi connectivity index (χ1v) is 6.23. The maximum Gasteiger partial charge on any atom is 0.134 e. The van der Waals surface area contributed by atoms with Crippen LogP contribution in [0.2, 0.25) is 0 Å². The third-order valence-corrected chi connectivity index (χ3v) is 3.22. The molecule has 1 saturated heterocycles. The molecule has 1 aromatic heterocycles. The van der Waals surface area contributed by atoms with Crippen molar-refractivity contribution in [3.63, 3.8) is 0 Å². The van der Waals surface area contributed by atoms with Gasteiger partial charge in [-0.1, -0.05) is 6.92 Å². The van der Waals surface area contributed by atoms with E-state index in [2.05, 4.69) is 32.0 Å². The molecule has 0 aromatic carbocycles. The van der Waals surface area contributed by atoms with Crippen LogP contribution in [-0.4, -0.2) is 54.6 Å². The van der Waals surface area contributed by atoms with Gasteiger partial charge in [-0.05, 0) is 13.5 Å². The molecule has 1 aliphatic rings. The van der Waals surface area contributed by atoms with Crippen molar-refractivity contribution in [2.45, 2.75) is 13.8 Å². The molecule has 2 rings (SSSR count). The first-order valence-electron chi connectivity index (χ1n) is 6.23. The molecule has 1 N–H and O–H groups in total. The molecule has 1 aliphatic heterocycles. The third kappa shape index (κ3) is 2.85. The molecule has 0 saturated carbocycles. The largest absolute Gasteiger partial charge is 0.373 e. The van der Waals surface area contributed by atoms with E-state index in [1.807, 2.05) is 20.0 Å². The van der Waals surface area contributed by atoms with Gasteiger partial charge in [-0.3, -0.25) is 0 Å². The highest BCUT2D eigenvalue weighted by molar-refractivity contribution is 5.49. The van der Waals surface area contributed by atoms with Crippen LogP contribution >= 0.6 is 0 Å². The van der Waals surface area contributed by atoms with E-state index < -0.39 is 0 Å². The van der Waals surface area contributed by atoms with Crippen molar-refractivity contribution in [1.29, 1.82) is 0 Å². The number of likely N-dealkylation sites (N-methyl/N-ethyl adjacent to an activating group) is 1. The summed E-state index contributed by atoms with van der Waals surface area (Å²) in [6.45, 7) is 9.62. The summed E-state index contributed by atoms with van der Waals surface area (Å²) in [6.07, 6.45) is 0. The summed E-state index contributed by atoms with van der Waals surface area (Å²) in [7, 11) is 1.89. The fourth-order valence-electron chi connectivity index (χ4n) is 2.14. The highest BCUT2D eigenvalue weighted by Gasteiger charge is 2.17.